The molecule has 0 saturated carbocycles. The molecule has 0 radical (unpaired) electrons. The number of guanidine groups is 1. The second-order valence-electron chi connectivity index (χ2n) is 3.19. The number of nitrogens with zero attached hydrogens (tertiary/aromatic N) is 2. The molecule has 1 rings (SSSR count). The van der Waals surface area contributed by atoms with E-state index >= 15 is 0 Å². The third kappa shape index (κ3) is 4.40. The average Bonchev–Trinajstić information content (AvgIpc) is 2.25. The second-order valence-corrected chi connectivity index (χ2v) is 3.19. The van der Waals surface area contributed by atoms with Crippen LogP contribution in [0.15, 0.2) is 4.99 Å². The lowest BCUT2D eigenvalue weighted by molar-refractivity contribution is 0.0377. The third-order valence-electron chi connectivity index (χ3n) is 2.13. The van der Waals surface area contributed by atoms with Gasteiger partial charge in [-0.1, -0.05) is 0 Å². The molecule has 82 valence electrons. The lowest BCUT2D eigenvalue weighted by Gasteiger charge is -2.26. The van der Waals surface area contributed by atoms with Crippen LogP contribution in [0.1, 0.15) is 6.42 Å². The van der Waals surface area contributed by atoms with Crippen LogP contribution in [0.4, 0.5) is 0 Å². The number of nitrogens with two attached hydrogens (primary N) is 1. The maximum atomic E-state index is 8.35. The van der Waals surface area contributed by atoms with Crippen LogP contribution < -0.4 is 11.2 Å². The van der Waals surface area contributed by atoms with E-state index in [4.69, 9.17) is 15.7 Å². The molecule has 0 aromatic heterocycles. The fourth-order valence-electron chi connectivity index (χ4n) is 1.35. The van der Waals surface area contributed by atoms with Crippen molar-refractivity contribution in [3.63, 3.8) is 0 Å². The number of rotatable bonds is 4. The van der Waals surface area contributed by atoms with Crippen LogP contribution in [0.3, 0.4) is 0 Å². The summed E-state index contributed by atoms with van der Waals surface area (Å²) in [5.74, 6) is 0.0759. The predicted molar refractivity (Wildman–Crippen MR) is 53.3 cm³/mol. The molecular formula is C8H18N4O2. The Kier molecular flexibility index (Phi) is 5.28. The smallest absolute Gasteiger partial charge is 0.212 e. The number of hydrogen-bond acceptors (Lipinski definition) is 4. The number of ether oxygens (including phenoxy) is 1. The number of hydroxylamine groups is 1. The van der Waals surface area contributed by atoms with Crippen molar-refractivity contribution < 1.29 is 9.94 Å². The minimum absolute atomic E-state index is 0.0759. The molecule has 0 aliphatic carbocycles. The Hall–Kier alpha value is -0.850. The van der Waals surface area contributed by atoms with Crippen molar-refractivity contribution in [1.29, 1.82) is 0 Å². The van der Waals surface area contributed by atoms with Crippen LogP contribution in [0.5, 0.6) is 0 Å². The summed E-state index contributed by atoms with van der Waals surface area (Å²) in [6, 6.07) is 0. The summed E-state index contributed by atoms with van der Waals surface area (Å²) in [7, 11) is 0. The molecule has 1 heterocycles. The number of morpholine rings is 1. The van der Waals surface area contributed by atoms with Gasteiger partial charge in [0.1, 0.15) is 0 Å². The Morgan fingerprint density at radius 2 is 2.21 bits per heavy atom. The quantitative estimate of drug-likeness (QED) is 0.236. The van der Waals surface area contributed by atoms with Crippen LogP contribution in [-0.4, -0.2) is 55.5 Å². The molecule has 6 nitrogen and oxygen atoms in total. The molecule has 0 unspecified atom stereocenters. The summed E-state index contributed by atoms with van der Waals surface area (Å²) >= 11 is 0. The third-order valence-corrected chi connectivity index (χ3v) is 2.13. The maximum Gasteiger partial charge on any atom is 0.212 e. The molecule has 4 N–H and O–H groups in total. The maximum absolute atomic E-state index is 8.35. The average molecular weight is 202 g/mol. The number of aliphatic imine (C=N–C) groups is 1. The predicted octanol–water partition coefficient (Wildman–Crippen LogP) is -0.998. The lowest BCUT2D eigenvalue weighted by atomic mass is 10.3. The Morgan fingerprint density at radius 3 is 2.86 bits per heavy atom. The first-order valence-corrected chi connectivity index (χ1v) is 4.83. The molecule has 6 heteroatoms. The molecule has 0 spiro atoms. The summed E-state index contributed by atoms with van der Waals surface area (Å²) in [6.07, 6.45) is 0.947. The van der Waals surface area contributed by atoms with Gasteiger partial charge in [-0.15, -0.1) is 0 Å². The van der Waals surface area contributed by atoms with E-state index < -0.39 is 0 Å². The Morgan fingerprint density at radius 1 is 1.50 bits per heavy atom. The van der Waals surface area contributed by atoms with E-state index in [1.54, 1.807) is 5.48 Å². The highest BCUT2D eigenvalue weighted by atomic mass is 16.5. The van der Waals surface area contributed by atoms with Gasteiger partial charge in [0.15, 0.2) is 0 Å². The number of hydrogen-bond donors (Lipinski definition) is 3. The van der Waals surface area contributed by atoms with Crippen LogP contribution in [0.2, 0.25) is 0 Å². The largest absolute Gasteiger partial charge is 0.379 e. The normalized spacial score (nSPS) is 19.6. The summed E-state index contributed by atoms with van der Waals surface area (Å²) in [4.78, 5) is 6.24. The van der Waals surface area contributed by atoms with E-state index in [1.165, 1.54) is 0 Å². The fraction of sp³-hybridized carbons (Fsp3) is 0.875. The highest BCUT2D eigenvalue weighted by Crippen LogP contribution is 1.97. The molecule has 1 aliphatic heterocycles. The molecule has 14 heavy (non-hydrogen) atoms. The van der Waals surface area contributed by atoms with Gasteiger partial charge in [0.25, 0.3) is 0 Å². The van der Waals surface area contributed by atoms with Crippen molar-refractivity contribution in [2.24, 2.45) is 10.7 Å². The van der Waals surface area contributed by atoms with Crippen LogP contribution in [0.25, 0.3) is 0 Å². The molecule has 0 amide bonds. The standard InChI is InChI=1S/C8H18N4O2/c9-8(11-13)10-2-1-3-12-4-6-14-7-5-12/h13H,1-7H2,(H3,9,10,11). The van der Waals surface area contributed by atoms with Gasteiger partial charge in [-0.25, -0.2) is 5.48 Å². The SMILES string of the molecule is NC(=NCCCN1CCOCC1)NO. The van der Waals surface area contributed by atoms with Crippen molar-refractivity contribution in [3.05, 3.63) is 0 Å². The highest BCUT2D eigenvalue weighted by molar-refractivity contribution is 5.76. The molecule has 0 aromatic rings. The van der Waals surface area contributed by atoms with Crippen molar-refractivity contribution in [2.45, 2.75) is 6.42 Å². The van der Waals surface area contributed by atoms with E-state index in [2.05, 4.69) is 9.89 Å². The monoisotopic (exact) mass is 202 g/mol. The number of nitrogens with one attached hydrogen (secondary N) is 1. The summed E-state index contributed by atoms with van der Waals surface area (Å²) in [5.41, 5.74) is 7.05. The molecule has 0 atom stereocenters. The first-order chi connectivity index (χ1) is 6.83. The van der Waals surface area contributed by atoms with Gasteiger partial charge in [0, 0.05) is 26.2 Å². The van der Waals surface area contributed by atoms with Crippen molar-refractivity contribution in [2.75, 3.05) is 39.4 Å². The van der Waals surface area contributed by atoms with E-state index in [1.807, 2.05) is 0 Å². The minimum atomic E-state index is 0.0759. The van der Waals surface area contributed by atoms with Crippen LogP contribution in [-0.2, 0) is 4.74 Å². The zero-order valence-corrected chi connectivity index (χ0v) is 8.28. The minimum Gasteiger partial charge on any atom is -0.379 e. The van der Waals surface area contributed by atoms with E-state index in [0.29, 0.717) is 6.54 Å². The van der Waals surface area contributed by atoms with Gasteiger partial charge in [-0.3, -0.25) is 15.1 Å². The molecule has 1 fully saturated rings. The van der Waals surface area contributed by atoms with E-state index in [-0.39, 0.29) is 5.96 Å². The van der Waals surface area contributed by atoms with Crippen LogP contribution >= 0.6 is 0 Å². The topological polar surface area (TPSA) is 83.1 Å². The van der Waals surface area contributed by atoms with Crippen molar-refractivity contribution in [1.82, 2.24) is 10.4 Å². The molecule has 0 bridgehead atoms. The van der Waals surface area contributed by atoms with E-state index in [9.17, 15) is 0 Å². The Labute approximate surface area is 83.7 Å². The first kappa shape index (κ1) is 11.2. The second kappa shape index (κ2) is 6.58. The molecular weight excluding hydrogens is 184 g/mol. The lowest BCUT2D eigenvalue weighted by Crippen LogP contribution is -2.37. The Bertz CT molecular complexity index is 180. The summed E-state index contributed by atoms with van der Waals surface area (Å²) in [6.45, 7) is 5.28. The van der Waals surface area contributed by atoms with Gasteiger partial charge in [0.05, 0.1) is 13.2 Å². The van der Waals surface area contributed by atoms with Gasteiger partial charge >= 0.3 is 0 Å². The van der Waals surface area contributed by atoms with Gasteiger partial charge in [0.2, 0.25) is 5.96 Å². The van der Waals surface area contributed by atoms with Gasteiger partial charge in [-0.05, 0) is 6.42 Å². The highest BCUT2D eigenvalue weighted by Gasteiger charge is 2.08. The van der Waals surface area contributed by atoms with E-state index in [0.717, 1.165) is 39.3 Å². The van der Waals surface area contributed by atoms with Crippen LogP contribution in [0, 0.1) is 0 Å². The summed E-state index contributed by atoms with van der Waals surface area (Å²) < 4.78 is 5.23. The molecule has 1 aliphatic rings. The van der Waals surface area contributed by atoms with Gasteiger partial charge < -0.3 is 10.5 Å². The van der Waals surface area contributed by atoms with Crippen molar-refractivity contribution >= 4 is 5.96 Å². The fourth-order valence-corrected chi connectivity index (χ4v) is 1.35. The summed E-state index contributed by atoms with van der Waals surface area (Å²) in [5, 5.41) is 8.35. The first-order valence-electron chi connectivity index (χ1n) is 4.83. The van der Waals surface area contributed by atoms with Gasteiger partial charge in [-0.2, -0.15) is 0 Å². The zero-order chi connectivity index (χ0) is 10.2. The molecule has 1 saturated heterocycles. The Balaban J connectivity index is 2.02. The van der Waals surface area contributed by atoms with Crippen molar-refractivity contribution in [3.8, 4) is 0 Å². The molecule has 0 aromatic carbocycles. The zero-order valence-electron chi connectivity index (χ0n) is 8.28.